The Hall–Kier alpha value is -1.02. The van der Waals surface area contributed by atoms with Crippen molar-refractivity contribution in [2.45, 2.75) is 52.1 Å². The summed E-state index contributed by atoms with van der Waals surface area (Å²) >= 11 is 0. The molecule has 1 N–H and O–H groups in total. The molecule has 1 aromatic carbocycles. The number of benzene rings is 1. The molecule has 0 amide bonds. The van der Waals surface area contributed by atoms with Gasteiger partial charge in [0.15, 0.2) is 0 Å². The summed E-state index contributed by atoms with van der Waals surface area (Å²) in [4.78, 5) is 0. The Morgan fingerprint density at radius 2 is 2.06 bits per heavy atom. The van der Waals surface area contributed by atoms with Crippen molar-refractivity contribution in [3.63, 3.8) is 0 Å². The van der Waals surface area contributed by atoms with Crippen LogP contribution in [-0.4, -0.2) is 13.2 Å². The smallest absolute Gasteiger partial charge is 0.121 e. The van der Waals surface area contributed by atoms with Gasteiger partial charge in [0, 0.05) is 12.6 Å². The van der Waals surface area contributed by atoms with E-state index in [-0.39, 0.29) is 0 Å². The molecule has 2 heteroatoms. The first-order valence-electron chi connectivity index (χ1n) is 7.07. The van der Waals surface area contributed by atoms with E-state index in [1.807, 2.05) is 0 Å². The van der Waals surface area contributed by atoms with Crippen LogP contribution in [0.15, 0.2) is 18.2 Å². The molecule has 1 aliphatic rings. The molecule has 0 heterocycles. The monoisotopic (exact) mass is 247 g/mol. The maximum Gasteiger partial charge on any atom is 0.121 e. The molecule has 0 saturated heterocycles. The van der Waals surface area contributed by atoms with Gasteiger partial charge in [-0.3, -0.25) is 0 Å². The zero-order valence-corrected chi connectivity index (χ0v) is 11.8. The van der Waals surface area contributed by atoms with Crippen LogP contribution in [0.5, 0.6) is 5.75 Å². The molecule has 0 bridgehead atoms. The van der Waals surface area contributed by atoms with Gasteiger partial charge < -0.3 is 10.1 Å². The van der Waals surface area contributed by atoms with Gasteiger partial charge in [0.2, 0.25) is 0 Å². The third-order valence-corrected chi connectivity index (χ3v) is 4.19. The zero-order chi connectivity index (χ0) is 13.0. The molecule has 100 valence electrons. The number of hydrogen-bond acceptors (Lipinski definition) is 2. The number of rotatable bonds is 5. The molecule has 2 nitrogen and oxygen atoms in total. The molecule has 2 rings (SSSR count). The van der Waals surface area contributed by atoms with E-state index in [9.17, 15) is 0 Å². The highest BCUT2D eigenvalue weighted by molar-refractivity contribution is 5.36. The molecule has 1 atom stereocenters. The number of nitrogens with one attached hydrogen (secondary N) is 1. The fraction of sp³-hybridized carbons (Fsp3) is 0.625. The number of methoxy groups -OCH3 is 1. The van der Waals surface area contributed by atoms with Gasteiger partial charge >= 0.3 is 0 Å². The van der Waals surface area contributed by atoms with Crippen LogP contribution in [0, 0.1) is 12.8 Å². The largest absolute Gasteiger partial charge is 0.496 e. The van der Waals surface area contributed by atoms with Crippen molar-refractivity contribution in [1.82, 2.24) is 5.32 Å². The minimum Gasteiger partial charge on any atom is -0.496 e. The van der Waals surface area contributed by atoms with Crippen LogP contribution in [0.25, 0.3) is 0 Å². The van der Waals surface area contributed by atoms with Gasteiger partial charge in [0.05, 0.1) is 7.11 Å². The lowest BCUT2D eigenvalue weighted by Crippen LogP contribution is -2.31. The Kier molecular flexibility index (Phi) is 4.65. The lowest BCUT2D eigenvalue weighted by atomic mass is 9.99. The van der Waals surface area contributed by atoms with Crippen molar-refractivity contribution in [3.05, 3.63) is 29.3 Å². The van der Waals surface area contributed by atoms with E-state index in [0.717, 1.165) is 18.2 Å². The van der Waals surface area contributed by atoms with Crippen LogP contribution in [0.1, 0.15) is 43.7 Å². The lowest BCUT2D eigenvalue weighted by Gasteiger charge is -2.20. The summed E-state index contributed by atoms with van der Waals surface area (Å²) in [6, 6.07) is 7.06. The second-order valence-corrected chi connectivity index (χ2v) is 5.52. The molecule has 0 aromatic heterocycles. The quantitative estimate of drug-likeness (QED) is 0.857. The fourth-order valence-electron chi connectivity index (χ4n) is 2.95. The maximum absolute atomic E-state index is 5.29. The van der Waals surface area contributed by atoms with E-state index in [2.05, 4.69) is 37.4 Å². The molecule has 0 unspecified atom stereocenters. The van der Waals surface area contributed by atoms with Gasteiger partial charge in [-0.2, -0.15) is 0 Å². The highest BCUT2D eigenvalue weighted by Gasteiger charge is 2.20. The van der Waals surface area contributed by atoms with Crippen LogP contribution in [0.2, 0.25) is 0 Å². The van der Waals surface area contributed by atoms with Gasteiger partial charge in [-0.25, -0.2) is 0 Å². The van der Waals surface area contributed by atoms with Crippen molar-refractivity contribution >= 4 is 0 Å². The molecule has 0 radical (unpaired) electrons. The van der Waals surface area contributed by atoms with Gasteiger partial charge in [0.25, 0.3) is 0 Å². The minimum atomic E-state index is 0.634. The van der Waals surface area contributed by atoms with Crippen molar-refractivity contribution in [1.29, 1.82) is 0 Å². The highest BCUT2D eigenvalue weighted by atomic mass is 16.5. The summed E-state index contributed by atoms with van der Waals surface area (Å²) in [6.07, 6.45) is 5.63. The first kappa shape index (κ1) is 13.4. The van der Waals surface area contributed by atoms with Crippen LogP contribution in [0.4, 0.5) is 0 Å². The summed E-state index contributed by atoms with van der Waals surface area (Å²) in [5, 5.41) is 3.66. The molecule has 0 aliphatic heterocycles. The third kappa shape index (κ3) is 3.26. The first-order valence-corrected chi connectivity index (χ1v) is 7.07. The number of ether oxygens (including phenoxy) is 1. The van der Waals surface area contributed by atoms with Gasteiger partial charge in [0.1, 0.15) is 5.75 Å². The van der Waals surface area contributed by atoms with E-state index in [0.29, 0.717) is 6.04 Å². The van der Waals surface area contributed by atoms with Crippen molar-refractivity contribution < 1.29 is 4.74 Å². The number of hydrogen-bond donors (Lipinski definition) is 1. The van der Waals surface area contributed by atoms with E-state index in [1.54, 1.807) is 7.11 Å². The Bertz CT molecular complexity index is 383. The summed E-state index contributed by atoms with van der Waals surface area (Å²) in [7, 11) is 1.72. The zero-order valence-electron chi connectivity index (χ0n) is 11.8. The molecular formula is C16H25NO. The minimum absolute atomic E-state index is 0.634. The highest BCUT2D eigenvalue weighted by Crippen LogP contribution is 2.27. The molecule has 1 saturated carbocycles. The summed E-state index contributed by atoms with van der Waals surface area (Å²) in [5.74, 6) is 1.85. The lowest BCUT2D eigenvalue weighted by molar-refractivity contribution is 0.380. The molecule has 18 heavy (non-hydrogen) atoms. The van der Waals surface area contributed by atoms with E-state index < -0.39 is 0 Å². The predicted molar refractivity (Wildman–Crippen MR) is 76.0 cm³/mol. The van der Waals surface area contributed by atoms with E-state index in [1.165, 1.54) is 36.8 Å². The topological polar surface area (TPSA) is 21.3 Å². The van der Waals surface area contributed by atoms with Crippen molar-refractivity contribution in [3.8, 4) is 5.75 Å². The fourth-order valence-corrected chi connectivity index (χ4v) is 2.95. The van der Waals surface area contributed by atoms with Crippen LogP contribution in [0.3, 0.4) is 0 Å². The Morgan fingerprint density at radius 1 is 1.33 bits per heavy atom. The Labute approximate surface area is 111 Å². The summed E-state index contributed by atoms with van der Waals surface area (Å²) < 4.78 is 5.29. The Morgan fingerprint density at radius 3 is 2.67 bits per heavy atom. The van der Waals surface area contributed by atoms with Crippen LogP contribution in [-0.2, 0) is 6.54 Å². The molecule has 1 fully saturated rings. The average molecular weight is 247 g/mol. The predicted octanol–water partition coefficient (Wildman–Crippen LogP) is 3.67. The third-order valence-electron chi connectivity index (χ3n) is 4.19. The van der Waals surface area contributed by atoms with Crippen molar-refractivity contribution in [2.75, 3.05) is 7.11 Å². The van der Waals surface area contributed by atoms with Gasteiger partial charge in [-0.1, -0.05) is 25.0 Å². The SMILES string of the molecule is COc1ccc(CN[C@@H](C)C2CCCC2)cc1C. The maximum atomic E-state index is 5.29. The van der Waals surface area contributed by atoms with Crippen molar-refractivity contribution in [2.24, 2.45) is 5.92 Å². The standard InChI is InChI=1S/C16H25NO/c1-12-10-14(8-9-16(12)18-3)11-17-13(2)15-6-4-5-7-15/h8-10,13,15,17H,4-7,11H2,1-3H3/t13-/m0/s1. The van der Waals surface area contributed by atoms with Crippen LogP contribution < -0.4 is 10.1 Å². The normalized spacial score (nSPS) is 17.9. The van der Waals surface area contributed by atoms with Crippen LogP contribution >= 0.6 is 0 Å². The summed E-state index contributed by atoms with van der Waals surface area (Å²) in [5.41, 5.74) is 2.56. The van der Waals surface area contributed by atoms with E-state index >= 15 is 0 Å². The van der Waals surface area contributed by atoms with E-state index in [4.69, 9.17) is 4.74 Å². The molecule has 1 aromatic rings. The first-order chi connectivity index (χ1) is 8.70. The average Bonchev–Trinajstić information content (AvgIpc) is 2.90. The number of aryl methyl sites for hydroxylation is 1. The second kappa shape index (κ2) is 6.24. The van der Waals surface area contributed by atoms with Gasteiger partial charge in [-0.05, 0) is 49.8 Å². The molecule has 1 aliphatic carbocycles. The molecule has 0 spiro atoms. The molecular weight excluding hydrogens is 222 g/mol. The Balaban J connectivity index is 1.87. The second-order valence-electron chi connectivity index (χ2n) is 5.52. The van der Waals surface area contributed by atoms with Gasteiger partial charge in [-0.15, -0.1) is 0 Å². The summed E-state index contributed by atoms with van der Waals surface area (Å²) in [6.45, 7) is 5.39.